The monoisotopic (exact) mass is 378 g/mol. The van der Waals surface area contributed by atoms with Crippen molar-refractivity contribution < 1.29 is 4.79 Å². The predicted molar refractivity (Wildman–Crippen MR) is 116 cm³/mol. The van der Waals surface area contributed by atoms with Crippen LogP contribution in [-0.2, 0) is 17.9 Å². The van der Waals surface area contributed by atoms with Crippen LogP contribution >= 0.6 is 0 Å². The van der Waals surface area contributed by atoms with Crippen LogP contribution in [-0.4, -0.2) is 41.3 Å². The van der Waals surface area contributed by atoms with Crippen LogP contribution in [0.2, 0.25) is 0 Å². The zero-order valence-electron chi connectivity index (χ0n) is 17.3. The van der Waals surface area contributed by atoms with Gasteiger partial charge in [0.2, 0.25) is 0 Å². The topological polar surface area (TPSA) is 48.3 Å². The fraction of sp³-hybridized carbons (Fsp3) is 0.348. The van der Waals surface area contributed by atoms with Gasteiger partial charge < -0.3 is 0 Å². The van der Waals surface area contributed by atoms with E-state index in [9.17, 15) is 4.79 Å². The Labute approximate surface area is 168 Å². The van der Waals surface area contributed by atoms with E-state index in [0.29, 0.717) is 19.4 Å². The van der Waals surface area contributed by atoms with Crippen molar-refractivity contribution in [3.8, 4) is 0 Å². The number of rotatable bonds is 10. The molecule has 0 aliphatic rings. The van der Waals surface area contributed by atoms with Gasteiger partial charge in [0.05, 0.1) is 18.8 Å². The molecular weight excluding hydrogens is 348 g/mol. The average molecular weight is 379 g/mol. The fourth-order valence-corrected chi connectivity index (χ4v) is 3.05. The summed E-state index contributed by atoms with van der Waals surface area (Å²) < 4.78 is 0. The molecule has 0 saturated carbocycles. The highest BCUT2D eigenvalue weighted by molar-refractivity contribution is 6.10. The van der Waals surface area contributed by atoms with E-state index in [1.165, 1.54) is 11.1 Å². The summed E-state index contributed by atoms with van der Waals surface area (Å²) in [4.78, 5) is 11.7. The molecule has 0 aliphatic carbocycles. The van der Waals surface area contributed by atoms with Crippen molar-refractivity contribution in [2.24, 2.45) is 10.2 Å². The zero-order chi connectivity index (χ0) is 20.4. The lowest BCUT2D eigenvalue weighted by atomic mass is 10.1. The van der Waals surface area contributed by atoms with Crippen molar-refractivity contribution in [1.29, 1.82) is 0 Å². The first-order valence-corrected chi connectivity index (χ1v) is 9.52. The number of hydrazone groups is 2. The molecule has 0 N–H and O–H groups in total. The Kier molecular flexibility index (Phi) is 8.40. The third kappa shape index (κ3) is 8.16. The molecule has 0 spiro atoms. The minimum atomic E-state index is 0.109. The van der Waals surface area contributed by atoms with Gasteiger partial charge in [-0.25, -0.2) is 0 Å². The van der Waals surface area contributed by atoms with E-state index in [0.717, 1.165) is 18.0 Å². The first-order chi connectivity index (χ1) is 13.4. The number of carbonyl (C=O) groups excluding carboxylic acids is 1. The Balaban J connectivity index is 2.02. The molecule has 0 saturated heterocycles. The third-order valence-corrected chi connectivity index (χ3v) is 4.07. The SMILES string of the molecule is CC(=O)C/C(C/C(C)=N/N(C)Cc1ccccc1)=N\N(C)Cc1ccccc1. The molecule has 0 fully saturated rings. The van der Waals surface area contributed by atoms with Crippen molar-refractivity contribution in [1.82, 2.24) is 10.0 Å². The Bertz CT molecular complexity index is 800. The zero-order valence-corrected chi connectivity index (χ0v) is 17.3. The summed E-state index contributed by atoms with van der Waals surface area (Å²) in [5.74, 6) is 0.109. The van der Waals surface area contributed by atoms with Crippen molar-refractivity contribution in [3.05, 3.63) is 71.8 Å². The highest BCUT2D eigenvalue weighted by atomic mass is 16.1. The summed E-state index contributed by atoms with van der Waals surface area (Å²) in [6.07, 6.45) is 0.923. The highest BCUT2D eigenvalue weighted by Crippen LogP contribution is 2.07. The number of ketones is 1. The van der Waals surface area contributed by atoms with Crippen LogP contribution in [0.5, 0.6) is 0 Å². The first kappa shape index (κ1) is 21.4. The van der Waals surface area contributed by atoms with Gasteiger partial charge in [-0.15, -0.1) is 0 Å². The lowest BCUT2D eigenvalue weighted by molar-refractivity contribution is -0.115. The minimum Gasteiger partial charge on any atom is -0.300 e. The molecule has 0 radical (unpaired) electrons. The molecule has 2 rings (SSSR count). The van der Waals surface area contributed by atoms with Gasteiger partial charge in [0.15, 0.2) is 0 Å². The van der Waals surface area contributed by atoms with Crippen LogP contribution in [0.25, 0.3) is 0 Å². The predicted octanol–water partition coefficient (Wildman–Crippen LogP) is 4.35. The van der Waals surface area contributed by atoms with Crippen LogP contribution in [0.1, 0.15) is 37.8 Å². The second-order valence-electron chi connectivity index (χ2n) is 7.16. The van der Waals surface area contributed by atoms with Crippen LogP contribution < -0.4 is 0 Å². The van der Waals surface area contributed by atoms with Crippen molar-refractivity contribution >= 4 is 17.2 Å². The largest absolute Gasteiger partial charge is 0.300 e. The summed E-state index contributed by atoms with van der Waals surface area (Å²) in [7, 11) is 3.89. The lowest BCUT2D eigenvalue weighted by Crippen LogP contribution is -2.19. The Hall–Kier alpha value is -2.95. The maximum atomic E-state index is 11.7. The quantitative estimate of drug-likeness (QED) is 0.456. The number of nitrogens with zero attached hydrogens (tertiary/aromatic N) is 4. The van der Waals surface area contributed by atoms with E-state index in [4.69, 9.17) is 0 Å². The Morgan fingerprint density at radius 1 is 0.750 bits per heavy atom. The van der Waals surface area contributed by atoms with E-state index in [2.05, 4.69) is 34.5 Å². The van der Waals surface area contributed by atoms with Gasteiger partial charge in [-0.1, -0.05) is 60.7 Å². The Morgan fingerprint density at radius 2 is 1.21 bits per heavy atom. The molecule has 148 valence electrons. The van der Waals surface area contributed by atoms with E-state index in [1.807, 2.05) is 67.4 Å². The summed E-state index contributed by atoms with van der Waals surface area (Å²) in [6, 6.07) is 20.4. The maximum Gasteiger partial charge on any atom is 0.135 e. The Morgan fingerprint density at radius 3 is 1.68 bits per heavy atom. The van der Waals surface area contributed by atoms with E-state index < -0.39 is 0 Å². The van der Waals surface area contributed by atoms with Gasteiger partial charge >= 0.3 is 0 Å². The van der Waals surface area contributed by atoms with Gasteiger partial charge in [-0.05, 0) is 25.0 Å². The van der Waals surface area contributed by atoms with E-state index in [1.54, 1.807) is 6.92 Å². The molecule has 5 heteroatoms. The normalized spacial score (nSPS) is 12.0. The molecule has 0 aliphatic heterocycles. The number of Topliss-reactive ketones (excluding diaryl/α,β-unsaturated/α-hetero) is 1. The standard InChI is InChI=1S/C23H30N4O/c1-19(24-26(3)17-21-11-7-5-8-12-21)15-23(16-20(2)28)25-27(4)18-22-13-9-6-10-14-22/h5-14H,15-18H2,1-4H3/b24-19+,25-23-. The number of benzene rings is 2. The molecule has 0 bridgehead atoms. The highest BCUT2D eigenvalue weighted by Gasteiger charge is 2.09. The second-order valence-corrected chi connectivity index (χ2v) is 7.16. The van der Waals surface area contributed by atoms with Gasteiger partial charge in [-0.3, -0.25) is 14.8 Å². The van der Waals surface area contributed by atoms with Crippen molar-refractivity contribution in [3.63, 3.8) is 0 Å². The van der Waals surface area contributed by atoms with Crippen molar-refractivity contribution in [2.45, 2.75) is 39.8 Å². The van der Waals surface area contributed by atoms with Gasteiger partial charge in [-0.2, -0.15) is 10.2 Å². The minimum absolute atomic E-state index is 0.109. The molecular formula is C23H30N4O. The number of carbonyl (C=O) groups is 1. The number of hydrogen-bond donors (Lipinski definition) is 0. The fourth-order valence-electron chi connectivity index (χ4n) is 3.05. The molecule has 5 nitrogen and oxygen atoms in total. The van der Waals surface area contributed by atoms with Crippen molar-refractivity contribution in [2.75, 3.05) is 14.1 Å². The van der Waals surface area contributed by atoms with Crippen LogP contribution in [0.4, 0.5) is 0 Å². The maximum absolute atomic E-state index is 11.7. The smallest absolute Gasteiger partial charge is 0.135 e. The molecule has 2 aromatic carbocycles. The molecule has 2 aromatic rings. The van der Waals surface area contributed by atoms with Gasteiger partial charge in [0.1, 0.15) is 5.78 Å². The second kappa shape index (κ2) is 11.0. The molecule has 0 atom stereocenters. The van der Waals surface area contributed by atoms with E-state index >= 15 is 0 Å². The number of hydrogen-bond acceptors (Lipinski definition) is 5. The average Bonchev–Trinajstić information content (AvgIpc) is 2.62. The summed E-state index contributed by atoms with van der Waals surface area (Å²) in [6.45, 7) is 5.02. The first-order valence-electron chi connectivity index (χ1n) is 9.52. The molecule has 0 amide bonds. The van der Waals surface area contributed by atoms with Crippen LogP contribution in [0.3, 0.4) is 0 Å². The molecule has 0 aromatic heterocycles. The van der Waals surface area contributed by atoms with Gasteiger partial charge in [0, 0.05) is 32.6 Å². The summed E-state index contributed by atoms with van der Waals surface area (Å²) in [5.41, 5.74) is 4.16. The van der Waals surface area contributed by atoms with Gasteiger partial charge in [0.25, 0.3) is 0 Å². The molecule has 0 unspecified atom stereocenters. The third-order valence-electron chi connectivity index (χ3n) is 4.07. The summed E-state index contributed by atoms with van der Waals surface area (Å²) >= 11 is 0. The summed E-state index contributed by atoms with van der Waals surface area (Å²) in [5, 5.41) is 13.1. The molecule has 28 heavy (non-hydrogen) atoms. The van der Waals surface area contributed by atoms with E-state index in [-0.39, 0.29) is 5.78 Å². The van der Waals surface area contributed by atoms with Crippen LogP contribution in [0, 0.1) is 0 Å². The lowest BCUT2D eigenvalue weighted by Gasteiger charge is -2.17. The van der Waals surface area contributed by atoms with Crippen LogP contribution in [0.15, 0.2) is 70.9 Å². The molecule has 0 heterocycles.